The van der Waals surface area contributed by atoms with E-state index in [1.165, 1.54) is 12.4 Å². The van der Waals surface area contributed by atoms with Gasteiger partial charge in [-0.2, -0.15) is 10.4 Å². The zero-order valence-electron chi connectivity index (χ0n) is 21.1. The van der Waals surface area contributed by atoms with E-state index in [9.17, 15) is 9.59 Å². The molecule has 0 bridgehead atoms. The first-order chi connectivity index (χ1) is 19.5. The van der Waals surface area contributed by atoms with Gasteiger partial charge in [-0.25, -0.2) is 9.97 Å². The van der Waals surface area contributed by atoms with Crippen LogP contribution in [0.2, 0.25) is 10.0 Å². The van der Waals surface area contributed by atoms with E-state index in [-0.39, 0.29) is 35.5 Å². The first-order valence-electron chi connectivity index (χ1n) is 12.5. The number of aromatic nitrogens is 5. The van der Waals surface area contributed by atoms with Gasteiger partial charge in [0, 0.05) is 67.7 Å². The standard InChI is InChI=1S/C26H22Cl2N8O4/c27-16-11-18(40-8-1-29)20-19(15-12-32-33-13-15)17-14-35(4-5-36(17)24(20)21(16)28)26(38)23-22(30-2-3-31-23)25(37)34-6-9-39-10-7-34/h2-3,11-13H,4-10,14H2,(H,32,33). The van der Waals surface area contributed by atoms with E-state index in [1.807, 2.05) is 10.6 Å². The van der Waals surface area contributed by atoms with Crippen molar-refractivity contribution in [2.75, 3.05) is 39.5 Å². The van der Waals surface area contributed by atoms with Crippen molar-refractivity contribution in [3.63, 3.8) is 0 Å². The van der Waals surface area contributed by atoms with Crippen molar-refractivity contribution in [2.24, 2.45) is 0 Å². The highest BCUT2D eigenvalue weighted by Gasteiger charge is 2.34. The molecule has 0 saturated carbocycles. The number of hydrogen-bond acceptors (Lipinski definition) is 8. The number of nitrogens with zero attached hydrogens (tertiary/aromatic N) is 7. The van der Waals surface area contributed by atoms with Crippen molar-refractivity contribution in [3.8, 4) is 22.9 Å². The van der Waals surface area contributed by atoms with E-state index in [0.717, 1.165) is 16.8 Å². The van der Waals surface area contributed by atoms with Gasteiger partial charge in [-0.05, 0) is 0 Å². The van der Waals surface area contributed by atoms with Crippen molar-refractivity contribution in [3.05, 3.63) is 58.0 Å². The van der Waals surface area contributed by atoms with Crippen LogP contribution in [0.1, 0.15) is 26.7 Å². The highest BCUT2D eigenvalue weighted by Crippen LogP contribution is 2.47. The maximum Gasteiger partial charge on any atom is 0.275 e. The Kier molecular flexibility index (Phi) is 7.02. The van der Waals surface area contributed by atoms with E-state index in [4.69, 9.17) is 37.9 Å². The molecule has 0 unspecified atom stereocenters. The van der Waals surface area contributed by atoms with Gasteiger partial charge in [0.15, 0.2) is 18.0 Å². The quantitative estimate of drug-likeness (QED) is 0.379. The highest BCUT2D eigenvalue weighted by molar-refractivity contribution is 6.45. The molecular weight excluding hydrogens is 559 g/mol. The van der Waals surface area contributed by atoms with Crippen molar-refractivity contribution in [1.29, 1.82) is 5.26 Å². The second kappa shape index (κ2) is 10.8. The molecule has 204 valence electrons. The number of amides is 2. The second-order valence-electron chi connectivity index (χ2n) is 9.19. The lowest BCUT2D eigenvalue weighted by Crippen LogP contribution is -2.43. The SMILES string of the molecule is N#CCOc1cc(Cl)c(Cl)c2c1c(-c1cn[nH]c1)c1n2CCN(C(=O)c2nccnc2C(=O)N2CCOCC2)C1. The van der Waals surface area contributed by atoms with Gasteiger partial charge >= 0.3 is 0 Å². The third kappa shape index (κ3) is 4.42. The maximum absolute atomic E-state index is 13.9. The van der Waals surface area contributed by atoms with Crippen LogP contribution in [-0.4, -0.2) is 85.8 Å². The Bertz CT molecular complexity index is 1660. The van der Waals surface area contributed by atoms with Crippen LogP contribution in [-0.2, 0) is 17.8 Å². The molecule has 1 aromatic carbocycles. The molecule has 0 radical (unpaired) electrons. The summed E-state index contributed by atoms with van der Waals surface area (Å²) in [5, 5.41) is 17.4. The Morgan fingerprint density at radius 1 is 1.07 bits per heavy atom. The Balaban J connectivity index is 1.43. The number of aromatic amines is 1. The van der Waals surface area contributed by atoms with Crippen molar-refractivity contribution >= 4 is 45.9 Å². The first-order valence-corrected chi connectivity index (χ1v) is 13.2. The molecular formula is C26H22Cl2N8O4. The Morgan fingerprint density at radius 2 is 1.80 bits per heavy atom. The first kappa shape index (κ1) is 26.1. The Hall–Kier alpha value is -4.18. The number of hydrogen-bond donors (Lipinski definition) is 1. The number of carbonyl (C=O) groups excluding carboxylic acids is 2. The summed E-state index contributed by atoms with van der Waals surface area (Å²) < 4.78 is 13.1. The number of morpholine rings is 1. The van der Waals surface area contributed by atoms with Crippen LogP contribution in [0.5, 0.6) is 5.75 Å². The summed E-state index contributed by atoms with van der Waals surface area (Å²) in [7, 11) is 0. The molecule has 14 heteroatoms. The number of rotatable bonds is 5. The predicted molar refractivity (Wildman–Crippen MR) is 144 cm³/mol. The third-order valence-corrected chi connectivity index (χ3v) is 7.77. The number of nitrogens with one attached hydrogen (secondary N) is 1. The number of nitriles is 1. The summed E-state index contributed by atoms with van der Waals surface area (Å²) in [6, 6.07) is 3.57. The van der Waals surface area contributed by atoms with Gasteiger partial charge in [0.25, 0.3) is 11.8 Å². The van der Waals surface area contributed by atoms with Crippen molar-refractivity contribution in [2.45, 2.75) is 13.1 Å². The van der Waals surface area contributed by atoms with Crippen LogP contribution in [0.4, 0.5) is 0 Å². The molecule has 4 aromatic rings. The minimum atomic E-state index is -0.413. The molecule has 12 nitrogen and oxygen atoms in total. The number of carbonyl (C=O) groups is 2. The second-order valence-corrected chi connectivity index (χ2v) is 9.97. The average Bonchev–Trinajstić information content (AvgIpc) is 3.64. The lowest BCUT2D eigenvalue weighted by molar-refractivity contribution is 0.0296. The predicted octanol–water partition coefficient (Wildman–Crippen LogP) is 3.16. The number of ether oxygens (including phenoxy) is 2. The molecule has 2 aliphatic heterocycles. The number of benzene rings is 1. The van der Waals surface area contributed by atoms with Crippen LogP contribution in [0, 0.1) is 11.3 Å². The lowest BCUT2D eigenvalue weighted by atomic mass is 10.0. The van der Waals surface area contributed by atoms with Crippen molar-refractivity contribution in [1.82, 2.24) is 34.5 Å². The fraction of sp³-hybridized carbons (Fsp3) is 0.308. The molecule has 2 amide bonds. The van der Waals surface area contributed by atoms with Crippen LogP contribution < -0.4 is 4.74 Å². The summed E-state index contributed by atoms with van der Waals surface area (Å²) in [5.74, 6) is -0.371. The molecule has 0 spiro atoms. The molecule has 1 fully saturated rings. The zero-order valence-corrected chi connectivity index (χ0v) is 22.6. The summed E-state index contributed by atoms with van der Waals surface area (Å²) in [4.78, 5) is 38.8. The summed E-state index contributed by atoms with van der Waals surface area (Å²) in [6.45, 7) is 2.39. The van der Waals surface area contributed by atoms with Crippen LogP contribution in [0.3, 0.4) is 0 Å². The van der Waals surface area contributed by atoms with Gasteiger partial charge in [-0.1, -0.05) is 23.2 Å². The normalized spacial score (nSPS) is 15.1. The van der Waals surface area contributed by atoms with E-state index in [2.05, 4.69) is 20.2 Å². The molecule has 40 heavy (non-hydrogen) atoms. The van der Waals surface area contributed by atoms with E-state index in [0.29, 0.717) is 61.1 Å². The molecule has 0 aliphatic carbocycles. The highest BCUT2D eigenvalue weighted by atomic mass is 35.5. The zero-order chi connectivity index (χ0) is 27.8. The van der Waals surface area contributed by atoms with Gasteiger partial charge in [-0.3, -0.25) is 14.7 Å². The molecule has 2 aliphatic rings. The average molecular weight is 581 g/mol. The fourth-order valence-corrected chi connectivity index (χ4v) is 5.64. The van der Waals surface area contributed by atoms with E-state index >= 15 is 0 Å². The third-order valence-electron chi connectivity index (χ3n) is 7.00. The van der Waals surface area contributed by atoms with Crippen LogP contribution in [0.15, 0.2) is 30.9 Å². The summed E-state index contributed by atoms with van der Waals surface area (Å²) in [6.07, 6.45) is 6.20. The van der Waals surface area contributed by atoms with Gasteiger partial charge in [0.2, 0.25) is 0 Å². The number of halogens is 2. The molecule has 1 saturated heterocycles. The molecule has 0 atom stereocenters. The van der Waals surface area contributed by atoms with Gasteiger partial charge in [0.05, 0.1) is 46.9 Å². The van der Waals surface area contributed by atoms with E-state index in [1.54, 1.807) is 28.3 Å². The molecule has 5 heterocycles. The van der Waals surface area contributed by atoms with Gasteiger partial charge in [0.1, 0.15) is 11.8 Å². The lowest BCUT2D eigenvalue weighted by Gasteiger charge is -2.30. The number of H-pyrrole nitrogens is 1. The van der Waals surface area contributed by atoms with Crippen LogP contribution >= 0.6 is 23.2 Å². The van der Waals surface area contributed by atoms with Crippen molar-refractivity contribution < 1.29 is 19.1 Å². The van der Waals surface area contributed by atoms with E-state index < -0.39 is 5.91 Å². The minimum absolute atomic E-state index is 0.00691. The molecule has 6 rings (SSSR count). The summed E-state index contributed by atoms with van der Waals surface area (Å²) in [5.41, 5.74) is 2.91. The maximum atomic E-state index is 13.9. The largest absolute Gasteiger partial charge is 0.478 e. The van der Waals surface area contributed by atoms with Gasteiger partial charge in [-0.15, -0.1) is 0 Å². The van der Waals surface area contributed by atoms with Crippen LogP contribution in [0.25, 0.3) is 22.0 Å². The fourth-order valence-electron chi connectivity index (χ4n) is 5.20. The molecule has 3 aromatic heterocycles. The van der Waals surface area contributed by atoms with Gasteiger partial charge < -0.3 is 23.8 Å². The molecule has 1 N–H and O–H groups in total. The topological polar surface area (TPSA) is 142 Å². The minimum Gasteiger partial charge on any atom is -0.478 e. The Labute approximate surface area is 238 Å². The Morgan fingerprint density at radius 3 is 2.48 bits per heavy atom. The summed E-state index contributed by atoms with van der Waals surface area (Å²) >= 11 is 13.2. The smallest absolute Gasteiger partial charge is 0.275 e. The monoisotopic (exact) mass is 580 g/mol. The number of fused-ring (bicyclic) bond motifs is 3.